The van der Waals surface area contributed by atoms with Gasteiger partial charge in [0.1, 0.15) is 5.54 Å². The number of nitrogens with zero attached hydrogens (tertiary/aromatic N) is 1. The number of halogens is 3. The van der Waals surface area contributed by atoms with E-state index in [2.05, 4.69) is 5.32 Å². The summed E-state index contributed by atoms with van der Waals surface area (Å²) >= 11 is 0. The number of hydrogen-bond acceptors (Lipinski definition) is 4. The maximum absolute atomic E-state index is 13.0. The second-order valence-electron chi connectivity index (χ2n) is 4.78. The molecule has 5 nitrogen and oxygen atoms in total. The number of amides is 1. The van der Waals surface area contributed by atoms with Gasteiger partial charge < -0.3 is 15.8 Å². The molecule has 1 aliphatic heterocycles. The molecule has 1 saturated heterocycles. The molecule has 0 saturated carbocycles. The third kappa shape index (κ3) is 3.15. The Morgan fingerprint density at radius 3 is 2.71 bits per heavy atom. The van der Waals surface area contributed by atoms with E-state index in [1.165, 1.54) is 6.07 Å². The Balaban J connectivity index is 2.32. The minimum Gasteiger partial charge on any atom is -0.379 e. The van der Waals surface area contributed by atoms with E-state index < -0.39 is 28.9 Å². The highest BCUT2D eigenvalue weighted by Crippen LogP contribution is 2.36. The van der Waals surface area contributed by atoms with Crippen LogP contribution in [0, 0.1) is 11.3 Å². The fourth-order valence-corrected chi connectivity index (χ4v) is 1.96. The number of ether oxygens (including phenoxy) is 1. The molecule has 0 radical (unpaired) electrons. The van der Waals surface area contributed by atoms with Gasteiger partial charge in [-0.2, -0.15) is 18.4 Å². The number of carbonyl (C=O) groups is 1. The molecule has 1 unspecified atom stereocenters. The molecule has 21 heavy (non-hydrogen) atoms. The number of carbonyl (C=O) groups excluding carboxylic acids is 1. The molecule has 1 atom stereocenters. The van der Waals surface area contributed by atoms with Gasteiger partial charge in [0.05, 0.1) is 29.5 Å². The van der Waals surface area contributed by atoms with Gasteiger partial charge in [-0.25, -0.2) is 0 Å². The highest BCUT2D eigenvalue weighted by atomic mass is 19.4. The molecule has 0 bridgehead atoms. The Kier molecular flexibility index (Phi) is 3.89. The number of benzene rings is 1. The van der Waals surface area contributed by atoms with Gasteiger partial charge in [-0.1, -0.05) is 0 Å². The van der Waals surface area contributed by atoms with Gasteiger partial charge in [0.25, 0.3) is 0 Å². The monoisotopic (exact) mass is 299 g/mol. The summed E-state index contributed by atoms with van der Waals surface area (Å²) in [5.74, 6) is -0.741. The molecule has 1 heterocycles. The highest BCUT2D eigenvalue weighted by Gasteiger charge is 2.40. The Labute approximate surface area is 118 Å². The van der Waals surface area contributed by atoms with Crippen molar-refractivity contribution in [2.75, 3.05) is 18.5 Å². The van der Waals surface area contributed by atoms with Crippen LogP contribution in [0.1, 0.15) is 17.5 Å². The fraction of sp³-hybridized carbons (Fsp3) is 0.385. The van der Waals surface area contributed by atoms with Crippen molar-refractivity contribution in [1.29, 1.82) is 5.26 Å². The Morgan fingerprint density at radius 2 is 2.19 bits per heavy atom. The quantitative estimate of drug-likeness (QED) is 0.869. The molecule has 0 spiro atoms. The van der Waals surface area contributed by atoms with E-state index >= 15 is 0 Å². The van der Waals surface area contributed by atoms with E-state index in [9.17, 15) is 18.0 Å². The van der Waals surface area contributed by atoms with Crippen molar-refractivity contribution in [2.45, 2.75) is 18.1 Å². The molecule has 1 amide bonds. The van der Waals surface area contributed by atoms with Gasteiger partial charge >= 0.3 is 6.18 Å². The number of anilines is 1. The van der Waals surface area contributed by atoms with Crippen molar-refractivity contribution < 1.29 is 22.7 Å². The average Bonchev–Trinajstić information content (AvgIpc) is 2.86. The van der Waals surface area contributed by atoms with Crippen molar-refractivity contribution in [3.8, 4) is 6.07 Å². The first-order valence-corrected chi connectivity index (χ1v) is 6.06. The van der Waals surface area contributed by atoms with Crippen molar-refractivity contribution in [2.24, 2.45) is 5.73 Å². The van der Waals surface area contributed by atoms with Crippen molar-refractivity contribution in [3.05, 3.63) is 29.3 Å². The maximum atomic E-state index is 13.0. The zero-order valence-electron chi connectivity index (χ0n) is 10.8. The summed E-state index contributed by atoms with van der Waals surface area (Å²) in [5.41, 5.74) is 2.80. The third-order valence-electron chi connectivity index (χ3n) is 3.21. The van der Waals surface area contributed by atoms with Gasteiger partial charge in [-0.05, 0) is 24.6 Å². The molecule has 0 aromatic heterocycles. The van der Waals surface area contributed by atoms with Crippen LogP contribution in [0.2, 0.25) is 0 Å². The lowest BCUT2D eigenvalue weighted by Gasteiger charge is -2.22. The summed E-state index contributed by atoms with van der Waals surface area (Å²) < 4.78 is 43.9. The van der Waals surface area contributed by atoms with E-state index in [4.69, 9.17) is 15.7 Å². The molecule has 2 rings (SSSR count). The lowest BCUT2D eigenvalue weighted by Crippen LogP contribution is -2.51. The van der Waals surface area contributed by atoms with Crippen LogP contribution < -0.4 is 11.1 Å². The molecule has 1 fully saturated rings. The van der Waals surface area contributed by atoms with E-state index in [0.717, 1.165) is 6.07 Å². The fourth-order valence-electron chi connectivity index (χ4n) is 1.96. The number of nitriles is 1. The van der Waals surface area contributed by atoms with Gasteiger partial charge in [-0.3, -0.25) is 4.79 Å². The summed E-state index contributed by atoms with van der Waals surface area (Å²) in [6.45, 7) is 0.236. The van der Waals surface area contributed by atoms with E-state index in [0.29, 0.717) is 6.07 Å². The predicted molar refractivity (Wildman–Crippen MR) is 67.1 cm³/mol. The SMILES string of the molecule is N#Cc1ccc(NC(=O)C2(N)CCOC2)c(C(F)(F)F)c1. The number of rotatable bonds is 2. The van der Waals surface area contributed by atoms with Gasteiger partial charge in [-0.15, -0.1) is 0 Å². The Morgan fingerprint density at radius 1 is 1.48 bits per heavy atom. The Hall–Kier alpha value is -2.11. The number of nitrogens with one attached hydrogen (secondary N) is 1. The molecule has 0 aliphatic carbocycles. The van der Waals surface area contributed by atoms with Crippen LogP contribution in [0.5, 0.6) is 0 Å². The Bertz CT molecular complexity index is 602. The van der Waals surface area contributed by atoms with E-state index in [1.54, 1.807) is 6.07 Å². The number of alkyl halides is 3. The van der Waals surface area contributed by atoms with Gasteiger partial charge in [0, 0.05) is 6.61 Å². The molecular formula is C13H12F3N3O2. The molecule has 1 aromatic rings. The van der Waals surface area contributed by atoms with Gasteiger partial charge in [0.2, 0.25) is 5.91 Å². The van der Waals surface area contributed by atoms with Gasteiger partial charge in [0.15, 0.2) is 0 Å². The summed E-state index contributed by atoms with van der Waals surface area (Å²) in [6.07, 6.45) is -4.46. The van der Waals surface area contributed by atoms with Crippen LogP contribution in [-0.4, -0.2) is 24.7 Å². The summed E-state index contributed by atoms with van der Waals surface area (Å²) in [5, 5.41) is 10.9. The molecular weight excluding hydrogens is 287 g/mol. The summed E-state index contributed by atoms with van der Waals surface area (Å²) in [7, 11) is 0. The minimum atomic E-state index is -4.69. The first-order chi connectivity index (χ1) is 9.76. The molecule has 1 aromatic carbocycles. The van der Waals surface area contributed by atoms with Crippen molar-refractivity contribution in [1.82, 2.24) is 0 Å². The largest absolute Gasteiger partial charge is 0.418 e. The maximum Gasteiger partial charge on any atom is 0.418 e. The molecule has 3 N–H and O–H groups in total. The lowest BCUT2D eigenvalue weighted by molar-refractivity contribution is -0.137. The van der Waals surface area contributed by atoms with Crippen molar-refractivity contribution >= 4 is 11.6 Å². The standard InChI is InChI=1S/C13H12F3N3O2/c14-13(15,16)9-5-8(6-17)1-2-10(9)19-11(20)12(18)3-4-21-7-12/h1-2,5H,3-4,7,18H2,(H,19,20). The van der Waals surface area contributed by atoms with Crippen LogP contribution in [-0.2, 0) is 15.7 Å². The van der Waals surface area contributed by atoms with Crippen molar-refractivity contribution in [3.63, 3.8) is 0 Å². The number of nitrogens with two attached hydrogens (primary N) is 1. The number of hydrogen-bond donors (Lipinski definition) is 2. The molecule has 1 aliphatic rings. The summed E-state index contributed by atoms with van der Waals surface area (Å²) in [4.78, 5) is 12.0. The second kappa shape index (κ2) is 5.35. The molecule has 112 valence electrons. The van der Waals surface area contributed by atoms with E-state index in [1.807, 2.05) is 0 Å². The third-order valence-corrected chi connectivity index (χ3v) is 3.21. The first-order valence-electron chi connectivity index (χ1n) is 6.06. The van der Waals surface area contributed by atoms with Crippen LogP contribution in [0.25, 0.3) is 0 Å². The van der Waals surface area contributed by atoms with Crippen LogP contribution in [0.15, 0.2) is 18.2 Å². The van der Waals surface area contributed by atoms with Crippen LogP contribution in [0.3, 0.4) is 0 Å². The summed E-state index contributed by atoms with van der Waals surface area (Å²) in [6, 6.07) is 4.54. The first kappa shape index (κ1) is 15.3. The smallest absolute Gasteiger partial charge is 0.379 e. The highest BCUT2D eigenvalue weighted by molar-refractivity contribution is 5.99. The predicted octanol–water partition coefficient (Wildman–Crippen LogP) is 1.63. The molecule has 8 heteroatoms. The van der Waals surface area contributed by atoms with Crippen LogP contribution >= 0.6 is 0 Å². The second-order valence-corrected chi connectivity index (χ2v) is 4.78. The minimum absolute atomic E-state index is 0.0452. The zero-order chi connectivity index (χ0) is 15.7. The lowest BCUT2D eigenvalue weighted by atomic mass is 9.98. The van der Waals surface area contributed by atoms with Crippen LogP contribution in [0.4, 0.5) is 18.9 Å². The zero-order valence-corrected chi connectivity index (χ0v) is 10.8. The normalized spacial score (nSPS) is 21.9. The average molecular weight is 299 g/mol. The topological polar surface area (TPSA) is 88.1 Å². The van der Waals surface area contributed by atoms with E-state index in [-0.39, 0.29) is 25.2 Å².